The van der Waals surface area contributed by atoms with Crippen LogP contribution in [0.3, 0.4) is 0 Å². The monoisotopic (exact) mass is 231 g/mol. The lowest BCUT2D eigenvalue weighted by molar-refractivity contribution is 0.0913. The minimum absolute atomic E-state index is 0.516. The SMILES string of the molecule is CCNc1snnc1COCCCOC. The summed E-state index contributed by atoms with van der Waals surface area (Å²) in [5.41, 5.74) is 0.888. The molecule has 0 saturated heterocycles. The maximum Gasteiger partial charge on any atom is 0.135 e. The van der Waals surface area contributed by atoms with Crippen molar-refractivity contribution in [2.75, 3.05) is 32.2 Å². The fourth-order valence-corrected chi connectivity index (χ4v) is 1.71. The van der Waals surface area contributed by atoms with Gasteiger partial charge < -0.3 is 14.8 Å². The first-order valence-corrected chi connectivity index (χ1v) is 5.77. The second kappa shape index (κ2) is 7.56. The number of aromatic nitrogens is 2. The minimum atomic E-state index is 0.516. The van der Waals surface area contributed by atoms with Crippen molar-refractivity contribution in [1.82, 2.24) is 9.59 Å². The number of nitrogens with one attached hydrogen (secondary N) is 1. The lowest BCUT2D eigenvalue weighted by atomic mass is 10.4. The zero-order valence-electron chi connectivity index (χ0n) is 9.15. The molecule has 0 aliphatic heterocycles. The van der Waals surface area contributed by atoms with E-state index >= 15 is 0 Å². The molecule has 0 atom stereocenters. The molecule has 1 heterocycles. The van der Waals surface area contributed by atoms with Gasteiger partial charge in [-0.3, -0.25) is 0 Å². The Morgan fingerprint density at radius 3 is 3.00 bits per heavy atom. The van der Waals surface area contributed by atoms with Crippen LogP contribution in [0.1, 0.15) is 19.0 Å². The third-order valence-corrected chi connectivity index (χ3v) is 2.49. The molecule has 0 unspecified atom stereocenters. The van der Waals surface area contributed by atoms with Gasteiger partial charge in [-0.05, 0) is 13.3 Å². The number of ether oxygens (including phenoxy) is 2. The van der Waals surface area contributed by atoms with Crippen molar-refractivity contribution < 1.29 is 9.47 Å². The highest BCUT2D eigenvalue weighted by Crippen LogP contribution is 2.17. The summed E-state index contributed by atoms with van der Waals surface area (Å²) in [5.74, 6) is 0. The largest absolute Gasteiger partial charge is 0.385 e. The standard InChI is InChI=1S/C9H17N3O2S/c1-3-10-9-8(11-12-15-9)7-14-6-4-5-13-2/h10H,3-7H2,1-2H3. The summed E-state index contributed by atoms with van der Waals surface area (Å²) in [6, 6.07) is 0. The lowest BCUT2D eigenvalue weighted by Crippen LogP contribution is -2.03. The average molecular weight is 231 g/mol. The van der Waals surface area contributed by atoms with Crippen LogP contribution < -0.4 is 5.32 Å². The molecular formula is C9H17N3O2S. The van der Waals surface area contributed by atoms with E-state index in [0.29, 0.717) is 13.2 Å². The van der Waals surface area contributed by atoms with Crippen LogP contribution in [0.4, 0.5) is 5.00 Å². The van der Waals surface area contributed by atoms with E-state index < -0.39 is 0 Å². The maximum absolute atomic E-state index is 5.45. The molecule has 15 heavy (non-hydrogen) atoms. The van der Waals surface area contributed by atoms with E-state index in [9.17, 15) is 0 Å². The van der Waals surface area contributed by atoms with E-state index in [1.807, 2.05) is 6.92 Å². The van der Waals surface area contributed by atoms with Crippen molar-refractivity contribution in [3.63, 3.8) is 0 Å². The molecule has 0 amide bonds. The minimum Gasteiger partial charge on any atom is -0.385 e. The Labute approximate surface area is 94.0 Å². The summed E-state index contributed by atoms with van der Waals surface area (Å²) in [5, 5.41) is 8.20. The number of methoxy groups -OCH3 is 1. The molecule has 0 aromatic carbocycles. The van der Waals surface area contributed by atoms with Gasteiger partial charge >= 0.3 is 0 Å². The van der Waals surface area contributed by atoms with Crippen molar-refractivity contribution in [1.29, 1.82) is 0 Å². The number of rotatable bonds is 8. The van der Waals surface area contributed by atoms with Gasteiger partial charge in [-0.15, -0.1) is 5.10 Å². The zero-order chi connectivity index (χ0) is 10.9. The molecule has 0 aliphatic rings. The first-order chi connectivity index (χ1) is 7.38. The smallest absolute Gasteiger partial charge is 0.135 e. The van der Waals surface area contributed by atoms with Crippen molar-refractivity contribution in [3.05, 3.63) is 5.69 Å². The molecule has 0 bridgehead atoms. The first-order valence-electron chi connectivity index (χ1n) is 5.00. The summed E-state index contributed by atoms with van der Waals surface area (Å²) in [6.07, 6.45) is 0.907. The average Bonchev–Trinajstić information content (AvgIpc) is 2.66. The van der Waals surface area contributed by atoms with E-state index in [-0.39, 0.29) is 0 Å². The van der Waals surface area contributed by atoms with Gasteiger partial charge in [0.05, 0.1) is 6.61 Å². The van der Waals surface area contributed by atoms with Crippen LogP contribution >= 0.6 is 11.5 Å². The third kappa shape index (κ3) is 4.55. The lowest BCUT2D eigenvalue weighted by Gasteiger charge is -2.03. The van der Waals surface area contributed by atoms with Gasteiger partial charge in [0, 0.05) is 38.4 Å². The normalized spacial score (nSPS) is 10.5. The second-order valence-electron chi connectivity index (χ2n) is 2.98. The van der Waals surface area contributed by atoms with Crippen LogP contribution in [0.15, 0.2) is 0 Å². The molecule has 1 aromatic heterocycles. The molecule has 86 valence electrons. The van der Waals surface area contributed by atoms with Gasteiger partial charge in [0.1, 0.15) is 10.7 Å². The van der Waals surface area contributed by atoms with Crippen molar-refractivity contribution in [2.45, 2.75) is 20.0 Å². The predicted octanol–water partition coefficient (Wildman–Crippen LogP) is 1.52. The van der Waals surface area contributed by atoms with Crippen molar-refractivity contribution in [3.8, 4) is 0 Å². The van der Waals surface area contributed by atoms with Gasteiger partial charge in [-0.25, -0.2) is 0 Å². The molecular weight excluding hydrogens is 214 g/mol. The first kappa shape index (κ1) is 12.4. The maximum atomic E-state index is 5.45. The summed E-state index contributed by atoms with van der Waals surface area (Å²) in [7, 11) is 1.69. The number of hydrogen-bond acceptors (Lipinski definition) is 6. The topological polar surface area (TPSA) is 56.3 Å². The molecule has 0 radical (unpaired) electrons. The van der Waals surface area contributed by atoms with Crippen LogP contribution in [0.25, 0.3) is 0 Å². The summed E-state index contributed by atoms with van der Waals surface area (Å²) in [4.78, 5) is 0. The van der Waals surface area contributed by atoms with Crippen LogP contribution in [-0.4, -0.2) is 36.5 Å². The number of anilines is 1. The van der Waals surface area contributed by atoms with Crippen molar-refractivity contribution >= 4 is 16.5 Å². The second-order valence-corrected chi connectivity index (χ2v) is 3.73. The van der Waals surface area contributed by atoms with Gasteiger partial charge in [-0.2, -0.15) is 0 Å². The molecule has 1 rings (SSSR count). The van der Waals surface area contributed by atoms with Crippen LogP contribution in [-0.2, 0) is 16.1 Å². The molecule has 0 fully saturated rings. The predicted molar refractivity (Wildman–Crippen MR) is 60.2 cm³/mol. The van der Waals surface area contributed by atoms with Gasteiger partial charge in [0.25, 0.3) is 0 Å². The Kier molecular flexibility index (Phi) is 6.22. The molecule has 0 spiro atoms. The molecule has 0 saturated carbocycles. The molecule has 0 aliphatic carbocycles. The highest BCUT2D eigenvalue weighted by Gasteiger charge is 2.06. The van der Waals surface area contributed by atoms with Gasteiger partial charge in [0.15, 0.2) is 0 Å². The zero-order valence-corrected chi connectivity index (χ0v) is 9.97. The van der Waals surface area contributed by atoms with Gasteiger partial charge in [-0.1, -0.05) is 4.49 Å². The summed E-state index contributed by atoms with van der Waals surface area (Å²) in [6.45, 7) is 4.86. The van der Waals surface area contributed by atoms with E-state index in [0.717, 1.165) is 30.3 Å². The molecule has 1 N–H and O–H groups in total. The van der Waals surface area contributed by atoms with Gasteiger partial charge in [0.2, 0.25) is 0 Å². The summed E-state index contributed by atoms with van der Waals surface area (Å²) >= 11 is 1.37. The van der Waals surface area contributed by atoms with E-state index in [2.05, 4.69) is 14.9 Å². The highest BCUT2D eigenvalue weighted by atomic mass is 32.1. The number of hydrogen-bond donors (Lipinski definition) is 1. The Morgan fingerprint density at radius 1 is 1.40 bits per heavy atom. The molecule has 1 aromatic rings. The number of nitrogens with zero attached hydrogens (tertiary/aromatic N) is 2. The Morgan fingerprint density at radius 2 is 2.27 bits per heavy atom. The highest BCUT2D eigenvalue weighted by molar-refractivity contribution is 7.10. The molecule has 6 heteroatoms. The summed E-state index contributed by atoms with van der Waals surface area (Å²) < 4.78 is 14.3. The van der Waals surface area contributed by atoms with E-state index in [4.69, 9.17) is 9.47 Å². The van der Waals surface area contributed by atoms with Crippen molar-refractivity contribution in [2.24, 2.45) is 0 Å². The quantitative estimate of drug-likeness (QED) is 0.687. The van der Waals surface area contributed by atoms with Crippen LogP contribution in [0.2, 0.25) is 0 Å². The Hall–Kier alpha value is -0.720. The van der Waals surface area contributed by atoms with Crippen LogP contribution in [0, 0.1) is 0 Å². The van der Waals surface area contributed by atoms with E-state index in [1.165, 1.54) is 11.5 Å². The Balaban J connectivity index is 2.21. The Bertz CT molecular complexity index is 268. The van der Waals surface area contributed by atoms with E-state index in [1.54, 1.807) is 7.11 Å². The fourth-order valence-electron chi connectivity index (χ4n) is 1.07. The molecule has 5 nitrogen and oxygen atoms in total. The third-order valence-electron chi connectivity index (χ3n) is 1.77. The van der Waals surface area contributed by atoms with Crippen LogP contribution in [0.5, 0.6) is 0 Å². The fraction of sp³-hybridized carbons (Fsp3) is 0.778.